The maximum atomic E-state index is 12.7. The summed E-state index contributed by atoms with van der Waals surface area (Å²) in [4.78, 5) is 12.4. The highest BCUT2D eigenvalue weighted by atomic mass is 32.2. The van der Waals surface area contributed by atoms with E-state index >= 15 is 0 Å². The second-order valence-corrected chi connectivity index (χ2v) is 8.27. The average molecular weight is 423 g/mol. The van der Waals surface area contributed by atoms with E-state index in [1.807, 2.05) is 13.8 Å². The van der Waals surface area contributed by atoms with E-state index in [-0.39, 0.29) is 23.0 Å². The van der Waals surface area contributed by atoms with Crippen LogP contribution in [0.3, 0.4) is 0 Å². The topological polar surface area (TPSA) is 103 Å². The molecular formula is C20H26N2O6S. The Morgan fingerprint density at radius 2 is 1.55 bits per heavy atom. The van der Waals surface area contributed by atoms with Gasteiger partial charge in [0.25, 0.3) is 5.91 Å². The third kappa shape index (κ3) is 5.61. The normalized spacial score (nSPS) is 11.2. The van der Waals surface area contributed by atoms with Crippen molar-refractivity contribution in [3.8, 4) is 17.2 Å². The summed E-state index contributed by atoms with van der Waals surface area (Å²) in [6, 6.07) is 9.17. The molecule has 0 saturated heterocycles. The van der Waals surface area contributed by atoms with Crippen molar-refractivity contribution in [1.29, 1.82) is 0 Å². The lowest BCUT2D eigenvalue weighted by molar-refractivity contribution is 0.0940. The summed E-state index contributed by atoms with van der Waals surface area (Å²) < 4.78 is 43.6. The van der Waals surface area contributed by atoms with Crippen molar-refractivity contribution >= 4 is 15.9 Å². The fraction of sp³-hybridized carbons (Fsp3) is 0.350. The molecule has 0 radical (unpaired) electrons. The summed E-state index contributed by atoms with van der Waals surface area (Å²) >= 11 is 0. The predicted molar refractivity (Wildman–Crippen MR) is 109 cm³/mol. The van der Waals surface area contributed by atoms with E-state index in [0.717, 1.165) is 0 Å². The Balaban J connectivity index is 2.26. The van der Waals surface area contributed by atoms with Crippen LogP contribution in [0.25, 0.3) is 0 Å². The molecule has 9 heteroatoms. The molecule has 0 aliphatic carbocycles. The number of ether oxygens (including phenoxy) is 3. The van der Waals surface area contributed by atoms with E-state index in [2.05, 4.69) is 10.0 Å². The summed E-state index contributed by atoms with van der Waals surface area (Å²) in [6.45, 7) is 3.67. The smallest absolute Gasteiger partial charge is 0.255 e. The second-order valence-electron chi connectivity index (χ2n) is 6.50. The van der Waals surface area contributed by atoms with Gasteiger partial charge in [-0.2, -0.15) is 0 Å². The number of rotatable bonds is 9. The Bertz CT molecular complexity index is 973. The van der Waals surface area contributed by atoms with Crippen LogP contribution in [-0.2, 0) is 16.6 Å². The number of nitrogens with one attached hydrogen (secondary N) is 2. The van der Waals surface area contributed by atoms with Crippen LogP contribution in [0.5, 0.6) is 17.2 Å². The van der Waals surface area contributed by atoms with Gasteiger partial charge in [0, 0.05) is 12.6 Å². The second kappa shape index (κ2) is 9.62. The molecule has 2 aromatic carbocycles. The fourth-order valence-electron chi connectivity index (χ4n) is 2.62. The third-order valence-electron chi connectivity index (χ3n) is 4.06. The van der Waals surface area contributed by atoms with E-state index in [1.165, 1.54) is 39.5 Å². The molecule has 0 saturated carbocycles. The molecule has 2 aromatic rings. The Kier molecular flexibility index (Phi) is 7.46. The van der Waals surface area contributed by atoms with Crippen LogP contribution in [0.15, 0.2) is 41.3 Å². The summed E-state index contributed by atoms with van der Waals surface area (Å²) in [7, 11) is 0.592. The van der Waals surface area contributed by atoms with Crippen molar-refractivity contribution in [2.75, 3.05) is 21.3 Å². The van der Waals surface area contributed by atoms with Gasteiger partial charge in [0.15, 0.2) is 11.5 Å². The highest BCUT2D eigenvalue weighted by molar-refractivity contribution is 7.89. The number of sulfonamides is 1. The van der Waals surface area contributed by atoms with Crippen LogP contribution < -0.4 is 24.2 Å². The van der Waals surface area contributed by atoms with E-state index in [4.69, 9.17) is 14.2 Å². The van der Waals surface area contributed by atoms with Gasteiger partial charge >= 0.3 is 0 Å². The number of benzene rings is 2. The molecule has 2 N–H and O–H groups in total. The number of hydrogen-bond donors (Lipinski definition) is 2. The number of carbonyl (C=O) groups is 1. The molecule has 0 aromatic heterocycles. The van der Waals surface area contributed by atoms with E-state index in [1.54, 1.807) is 18.2 Å². The maximum Gasteiger partial charge on any atom is 0.255 e. The number of carbonyl (C=O) groups excluding carboxylic acids is 1. The molecule has 2 rings (SSSR count). The zero-order valence-corrected chi connectivity index (χ0v) is 17.9. The lowest BCUT2D eigenvalue weighted by atomic mass is 10.2. The molecule has 0 aliphatic rings. The predicted octanol–water partition coefficient (Wildman–Crippen LogP) is 2.33. The summed E-state index contributed by atoms with van der Waals surface area (Å²) in [5.74, 6) is 0.937. The highest BCUT2D eigenvalue weighted by Gasteiger charge is 2.20. The van der Waals surface area contributed by atoms with Gasteiger partial charge < -0.3 is 19.5 Å². The van der Waals surface area contributed by atoms with Crippen LogP contribution >= 0.6 is 0 Å². The first-order valence-corrected chi connectivity index (χ1v) is 10.4. The van der Waals surface area contributed by atoms with Gasteiger partial charge in [-0.25, -0.2) is 13.1 Å². The van der Waals surface area contributed by atoms with Crippen molar-refractivity contribution in [2.24, 2.45) is 0 Å². The van der Waals surface area contributed by atoms with Gasteiger partial charge in [0.2, 0.25) is 10.0 Å². The molecule has 0 heterocycles. The molecule has 0 atom stereocenters. The first kappa shape index (κ1) is 22.5. The van der Waals surface area contributed by atoms with Crippen LogP contribution in [0.1, 0.15) is 29.8 Å². The third-order valence-corrected chi connectivity index (χ3v) is 5.46. The number of hydrogen-bond acceptors (Lipinski definition) is 6. The molecule has 29 heavy (non-hydrogen) atoms. The Hall–Kier alpha value is -2.78. The minimum atomic E-state index is -3.86. The average Bonchev–Trinajstić information content (AvgIpc) is 2.70. The molecule has 0 spiro atoms. The fourth-order valence-corrected chi connectivity index (χ4v) is 3.67. The molecule has 158 valence electrons. The largest absolute Gasteiger partial charge is 0.496 e. The van der Waals surface area contributed by atoms with Crippen LogP contribution in [-0.4, -0.2) is 41.7 Å². The minimum absolute atomic E-state index is 0.0346. The Morgan fingerprint density at radius 3 is 2.14 bits per heavy atom. The Morgan fingerprint density at radius 1 is 0.931 bits per heavy atom. The van der Waals surface area contributed by atoms with E-state index in [9.17, 15) is 13.2 Å². The molecule has 1 amide bonds. The van der Waals surface area contributed by atoms with Gasteiger partial charge in [-0.15, -0.1) is 0 Å². The first-order valence-electron chi connectivity index (χ1n) is 8.91. The van der Waals surface area contributed by atoms with Crippen molar-refractivity contribution in [1.82, 2.24) is 10.0 Å². The van der Waals surface area contributed by atoms with Crippen molar-refractivity contribution in [2.45, 2.75) is 31.3 Å². The van der Waals surface area contributed by atoms with Gasteiger partial charge in [-0.05, 0) is 49.7 Å². The molecule has 0 fully saturated rings. The minimum Gasteiger partial charge on any atom is -0.496 e. The molecule has 0 aliphatic heterocycles. The standard InChI is InChI=1S/C20H26N2O6S/c1-13(2)22-20(23)16-11-15(7-9-17(16)26-3)29(24,25)21-12-14-6-8-18(27-4)19(10-14)28-5/h6-11,13,21H,12H2,1-5H3,(H,22,23). The van der Waals surface area contributed by atoms with E-state index < -0.39 is 15.9 Å². The molecule has 8 nitrogen and oxygen atoms in total. The lowest BCUT2D eigenvalue weighted by Gasteiger charge is -2.14. The Labute approximate surface area is 171 Å². The SMILES string of the molecule is COc1ccc(CNS(=O)(=O)c2ccc(OC)c(C(=O)NC(C)C)c2)cc1OC. The van der Waals surface area contributed by atoms with Crippen LogP contribution in [0.4, 0.5) is 0 Å². The van der Waals surface area contributed by atoms with Gasteiger partial charge in [-0.3, -0.25) is 4.79 Å². The van der Waals surface area contributed by atoms with Gasteiger partial charge in [0.1, 0.15) is 5.75 Å². The quantitative estimate of drug-likeness (QED) is 0.643. The van der Waals surface area contributed by atoms with Crippen LogP contribution in [0, 0.1) is 0 Å². The van der Waals surface area contributed by atoms with E-state index in [0.29, 0.717) is 22.8 Å². The van der Waals surface area contributed by atoms with Crippen molar-refractivity contribution in [3.05, 3.63) is 47.5 Å². The first-order chi connectivity index (χ1) is 13.7. The van der Waals surface area contributed by atoms with Gasteiger partial charge in [0.05, 0.1) is 31.8 Å². The lowest BCUT2D eigenvalue weighted by Crippen LogP contribution is -2.31. The van der Waals surface area contributed by atoms with Crippen molar-refractivity contribution in [3.63, 3.8) is 0 Å². The summed E-state index contributed by atoms with van der Waals surface area (Å²) in [5, 5.41) is 2.73. The number of methoxy groups -OCH3 is 3. The summed E-state index contributed by atoms with van der Waals surface area (Å²) in [5.41, 5.74) is 0.840. The highest BCUT2D eigenvalue weighted by Crippen LogP contribution is 2.28. The monoisotopic (exact) mass is 422 g/mol. The molecular weight excluding hydrogens is 396 g/mol. The molecule has 0 bridgehead atoms. The summed E-state index contributed by atoms with van der Waals surface area (Å²) in [6.07, 6.45) is 0. The zero-order chi connectivity index (χ0) is 21.6. The van der Waals surface area contributed by atoms with Crippen molar-refractivity contribution < 1.29 is 27.4 Å². The zero-order valence-electron chi connectivity index (χ0n) is 17.1. The van der Waals surface area contributed by atoms with Crippen LogP contribution in [0.2, 0.25) is 0 Å². The molecule has 0 unspecified atom stereocenters. The number of amides is 1. The van der Waals surface area contributed by atoms with Gasteiger partial charge in [-0.1, -0.05) is 6.07 Å². The maximum absolute atomic E-state index is 12.7.